The Kier molecular flexibility index (Phi) is 11.9. The van der Waals surface area contributed by atoms with Gasteiger partial charge in [0.05, 0.1) is 0 Å². The van der Waals surface area contributed by atoms with E-state index < -0.39 is 12.3 Å². The highest BCUT2D eigenvalue weighted by Crippen LogP contribution is 2.26. The summed E-state index contributed by atoms with van der Waals surface area (Å²) >= 11 is 0. The Hall–Kier alpha value is -1.64. The van der Waals surface area contributed by atoms with Crippen LogP contribution in [0.25, 0.3) is 20.9 Å². The van der Waals surface area contributed by atoms with Crippen molar-refractivity contribution in [1.82, 2.24) is 0 Å². The molecule has 0 spiro atoms. The van der Waals surface area contributed by atoms with Gasteiger partial charge in [-0.05, 0) is 49.6 Å². The second-order valence-electron chi connectivity index (χ2n) is 5.85. The van der Waals surface area contributed by atoms with Gasteiger partial charge in [-0.3, -0.25) is 0 Å². The van der Waals surface area contributed by atoms with E-state index in [1.807, 2.05) is 0 Å². The van der Waals surface area contributed by atoms with Gasteiger partial charge in [0, 0.05) is 41.1 Å². The second-order valence-corrected chi connectivity index (χ2v) is 5.85. The third kappa shape index (κ3) is 9.49. The van der Waals surface area contributed by atoms with E-state index in [0.29, 0.717) is 19.3 Å². The Labute approximate surface area is 139 Å². The van der Waals surface area contributed by atoms with Crippen molar-refractivity contribution in [3.63, 3.8) is 0 Å². The summed E-state index contributed by atoms with van der Waals surface area (Å²) in [6.07, 6.45) is 0.905. The molecule has 2 rings (SSSR count). The molecular weight excluding hydrogens is 322 g/mol. The van der Waals surface area contributed by atoms with E-state index in [9.17, 15) is 8.78 Å². The maximum atomic E-state index is 13.0. The minimum Gasteiger partial charge on any atom is -0.400 e. The first-order chi connectivity index (χ1) is 11.4. The molecular formula is C13H26F2N8O. The van der Waals surface area contributed by atoms with Gasteiger partial charge in [0.1, 0.15) is 12.3 Å². The molecule has 0 aliphatic heterocycles. The van der Waals surface area contributed by atoms with Crippen LogP contribution in [0.3, 0.4) is 0 Å². The van der Waals surface area contributed by atoms with Crippen LogP contribution in [0.1, 0.15) is 38.5 Å². The SMILES string of the molecule is CO.NC1CC(N)CC(F)C1.[N-]=[N+]=NC1CC(F)CC(N=[N+]=[N-])C1. The van der Waals surface area contributed by atoms with Crippen molar-refractivity contribution in [3.8, 4) is 0 Å². The highest BCUT2D eigenvalue weighted by molar-refractivity contribution is 4.87. The number of azide groups is 2. The quantitative estimate of drug-likeness (QED) is 0.396. The molecule has 2 aliphatic carbocycles. The highest BCUT2D eigenvalue weighted by Gasteiger charge is 2.27. The fraction of sp³-hybridized carbons (Fsp3) is 1.00. The van der Waals surface area contributed by atoms with Gasteiger partial charge in [-0.1, -0.05) is 10.2 Å². The zero-order chi connectivity index (χ0) is 18.5. The Bertz CT molecular complexity index is 391. The third-order valence-electron chi connectivity index (χ3n) is 3.75. The molecule has 138 valence electrons. The van der Waals surface area contributed by atoms with Gasteiger partial charge in [0.2, 0.25) is 0 Å². The van der Waals surface area contributed by atoms with Crippen LogP contribution in [0.4, 0.5) is 8.78 Å². The average molecular weight is 348 g/mol. The lowest BCUT2D eigenvalue weighted by atomic mass is 9.91. The normalized spacial score (nSPS) is 34.9. The summed E-state index contributed by atoms with van der Waals surface area (Å²) < 4.78 is 25.5. The van der Waals surface area contributed by atoms with Crippen LogP contribution >= 0.6 is 0 Å². The third-order valence-corrected chi connectivity index (χ3v) is 3.75. The monoisotopic (exact) mass is 348 g/mol. The number of hydrogen-bond acceptors (Lipinski definition) is 5. The number of alkyl halides is 2. The number of aliphatic hydroxyl groups is 1. The van der Waals surface area contributed by atoms with Gasteiger partial charge >= 0.3 is 0 Å². The van der Waals surface area contributed by atoms with Crippen LogP contribution in [0, 0.1) is 0 Å². The topological polar surface area (TPSA) is 170 Å². The number of rotatable bonds is 2. The van der Waals surface area contributed by atoms with Gasteiger partial charge in [-0.15, -0.1) is 0 Å². The standard InChI is InChI=1S/C6H9FN6.C6H13FN2.CH4O/c7-4-1-5(10-12-8)3-6(2-4)11-13-9;7-4-1-5(8)3-6(9)2-4;1-2/h4-6H,1-3H2;4-6H,1-3,8-9H2;2H,1H3. The van der Waals surface area contributed by atoms with Crippen molar-refractivity contribution in [1.29, 1.82) is 0 Å². The molecule has 0 amide bonds. The zero-order valence-electron chi connectivity index (χ0n) is 13.7. The second kappa shape index (κ2) is 12.7. The summed E-state index contributed by atoms with van der Waals surface area (Å²) in [6, 6.07) is -0.763. The molecule has 4 atom stereocenters. The van der Waals surface area contributed by atoms with Crippen molar-refractivity contribution in [2.75, 3.05) is 7.11 Å². The van der Waals surface area contributed by atoms with Crippen LogP contribution < -0.4 is 11.5 Å². The van der Waals surface area contributed by atoms with Gasteiger partial charge in [0.15, 0.2) is 0 Å². The largest absolute Gasteiger partial charge is 0.400 e. The van der Waals surface area contributed by atoms with Gasteiger partial charge in [0.25, 0.3) is 0 Å². The predicted octanol–water partition coefficient (Wildman–Crippen LogP) is 2.64. The van der Waals surface area contributed by atoms with Crippen LogP contribution in [0.15, 0.2) is 10.2 Å². The minimum absolute atomic E-state index is 0.0104. The molecule has 0 bridgehead atoms. The molecule has 0 aromatic heterocycles. The van der Waals surface area contributed by atoms with Crippen molar-refractivity contribution in [3.05, 3.63) is 20.9 Å². The summed E-state index contributed by atoms with van der Waals surface area (Å²) in [6.45, 7) is 0. The van der Waals surface area contributed by atoms with E-state index in [1.165, 1.54) is 0 Å². The van der Waals surface area contributed by atoms with Crippen molar-refractivity contribution in [2.24, 2.45) is 21.7 Å². The van der Waals surface area contributed by atoms with E-state index in [-0.39, 0.29) is 37.0 Å². The molecule has 0 aromatic rings. The Balaban J connectivity index is 0.000000420. The summed E-state index contributed by atoms with van der Waals surface area (Å²) in [7, 11) is 1.00. The average Bonchev–Trinajstić information content (AvgIpc) is 2.48. The highest BCUT2D eigenvalue weighted by atomic mass is 19.1. The molecule has 4 unspecified atom stereocenters. The van der Waals surface area contributed by atoms with Crippen molar-refractivity contribution < 1.29 is 13.9 Å². The van der Waals surface area contributed by atoms with Crippen LogP contribution in [0.5, 0.6) is 0 Å². The first kappa shape index (κ1) is 22.4. The molecule has 11 heteroatoms. The molecule has 0 saturated heterocycles. The zero-order valence-corrected chi connectivity index (χ0v) is 13.7. The smallest absolute Gasteiger partial charge is 0.103 e. The Morgan fingerprint density at radius 1 is 0.792 bits per heavy atom. The summed E-state index contributed by atoms with van der Waals surface area (Å²) in [5.41, 5.74) is 27.3. The summed E-state index contributed by atoms with van der Waals surface area (Å²) in [4.78, 5) is 5.22. The maximum Gasteiger partial charge on any atom is 0.103 e. The molecule has 5 N–H and O–H groups in total. The fourth-order valence-electron chi connectivity index (χ4n) is 2.86. The number of aliphatic hydroxyl groups excluding tert-OH is 1. The number of hydrogen-bond donors (Lipinski definition) is 3. The molecule has 0 heterocycles. The maximum absolute atomic E-state index is 13.0. The molecule has 0 radical (unpaired) electrons. The van der Waals surface area contributed by atoms with Crippen LogP contribution in [-0.4, -0.2) is 48.7 Å². The number of nitrogens with zero attached hydrogens (tertiary/aromatic N) is 6. The fourth-order valence-corrected chi connectivity index (χ4v) is 2.86. The number of halogens is 2. The Morgan fingerprint density at radius 2 is 1.17 bits per heavy atom. The van der Waals surface area contributed by atoms with Crippen LogP contribution in [0.2, 0.25) is 0 Å². The first-order valence-electron chi connectivity index (χ1n) is 7.77. The van der Waals surface area contributed by atoms with E-state index in [0.717, 1.165) is 13.5 Å². The minimum atomic E-state index is -1.03. The lowest BCUT2D eigenvalue weighted by Gasteiger charge is -2.25. The van der Waals surface area contributed by atoms with E-state index in [1.54, 1.807) is 0 Å². The van der Waals surface area contributed by atoms with Gasteiger partial charge < -0.3 is 16.6 Å². The lowest BCUT2D eigenvalue weighted by molar-refractivity contribution is 0.213. The van der Waals surface area contributed by atoms with Gasteiger partial charge in [-0.25, -0.2) is 8.78 Å². The first-order valence-corrected chi connectivity index (χ1v) is 7.77. The summed E-state index contributed by atoms with van der Waals surface area (Å²) in [5.74, 6) is 0. The predicted molar refractivity (Wildman–Crippen MR) is 87.5 cm³/mol. The van der Waals surface area contributed by atoms with Crippen molar-refractivity contribution in [2.45, 2.75) is 75.0 Å². The summed E-state index contributed by atoms with van der Waals surface area (Å²) in [5, 5.41) is 13.8. The molecule has 0 aromatic carbocycles. The van der Waals surface area contributed by atoms with Crippen molar-refractivity contribution >= 4 is 0 Å². The molecule has 2 saturated carbocycles. The van der Waals surface area contributed by atoms with E-state index >= 15 is 0 Å². The molecule has 2 aliphatic rings. The molecule has 9 nitrogen and oxygen atoms in total. The van der Waals surface area contributed by atoms with Crippen LogP contribution in [-0.2, 0) is 0 Å². The molecule has 24 heavy (non-hydrogen) atoms. The van der Waals surface area contributed by atoms with E-state index in [2.05, 4.69) is 20.1 Å². The molecule has 2 fully saturated rings. The Morgan fingerprint density at radius 3 is 1.50 bits per heavy atom. The van der Waals surface area contributed by atoms with Gasteiger partial charge in [-0.2, -0.15) is 0 Å². The number of nitrogens with two attached hydrogens (primary N) is 2. The lowest BCUT2D eigenvalue weighted by Crippen LogP contribution is -2.40. The van der Waals surface area contributed by atoms with E-state index in [4.69, 9.17) is 27.6 Å².